The van der Waals surface area contributed by atoms with Crippen molar-refractivity contribution in [3.63, 3.8) is 0 Å². The van der Waals surface area contributed by atoms with Gasteiger partial charge in [-0.1, -0.05) is 29.8 Å². The van der Waals surface area contributed by atoms with Gasteiger partial charge in [0.15, 0.2) is 0 Å². The van der Waals surface area contributed by atoms with Crippen LogP contribution in [0.4, 0.5) is 11.4 Å². The molecule has 0 spiro atoms. The number of carbonyl (C=O) groups excluding carboxylic acids is 1. The number of nitro benzene ring substituents is 1. The van der Waals surface area contributed by atoms with Crippen LogP contribution in [0.25, 0.3) is 11.3 Å². The zero-order chi connectivity index (χ0) is 18.7. The molecule has 1 aromatic heterocycles. The molecule has 0 bridgehead atoms. The largest absolute Gasteiger partial charge is 0.494 e. The first kappa shape index (κ1) is 17.2. The molecular formula is C18H16N4O4. The number of benzene rings is 2. The van der Waals surface area contributed by atoms with E-state index in [1.165, 1.54) is 25.3 Å². The van der Waals surface area contributed by atoms with Crippen molar-refractivity contribution in [2.24, 2.45) is 0 Å². The molecule has 0 atom stereocenters. The molecule has 0 unspecified atom stereocenters. The van der Waals surface area contributed by atoms with E-state index in [1.807, 2.05) is 31.2 Å². The normalized spacial score (nSPS) is 10.4. The number of aromatic amines is 1. The van der Waals surface area contributed by atoms with Gasteiger partial charge in [0.2, 0.25) is 0 Å². The number of nitro groups is 1. The summed E-state index contributed by atoms with van der Waals surface area (Å²) in [5.41, 5.74) is 3.13. The van der Waals surface area contributed by atoms with E-state index in [1.54, 1.807) is 6.07 Å². The summed E-state index contributed by atoms with van der Waals surface area (Å²) in [7, 11) is 1.38. The molecule has 2 N–H and O–H groups in total. The van der Waals surface area contributed by atoms with Crippen LogP contribution in [-0.4, -0.2) is 28.1 Å². The van der Waals surface area contributed by atoms with Gasteiger partial charge in [-0.3, -0.25) is 20.0 Å². The van der Waals surface area contributed by atoms with E-state index in [4.69, 9.17) is 4.74 Å². The number of hydrogen-bond acceptors (Lipinski definition) is 5. The van der Waals surface area contributed by atoms with Gasteiger partial charge < -0.3 is 10.1 Å². The van der Waals surface area contributed by atoms with Crippen LogP contribution in [0.5, 0.6) is 5.75 Å². The summed E-state index contributed by atoms with van der Waals surface area (Å²) in [6.45, 7) is 1.99. The number of rotatable bonds is 5. The van der Waals surface area contributed by atoms with Gasteiger partial charge in [-0.2, -0.15) is 5.10 Å². The molecule has 0 aliphatic heterocycles. The Kier molecular flexibility index (Phi) is 4.66. The first-order valence-electron chi connectivity index (χ1n) is 7.74. The topological polar surface area (TPSA) is 110 Å². The van der Waals surface area contributed by atoms with Gasteiger partial charge in [-0.15, -0.1) is 0 Å². The van der Waals surface area contributed by atoms with Gasteiger partial charge in [-0.05, 0) is 19.1 Å². The minimum Gasteiger partial charge on any atom is -0.494 e. The van der Waals surface area contributed by atoms with Gasteiger partial charge >= 0.3 is 0 Å². The number of hydrogen-bond donors (Lipinski definition) is 2. The molecule has 0 aliphatic rings. The van der Waals surface area contributed by atoms with E-state index in [0.29, 0.717) is 11.4 Å². The Bertz CT molecular complexity index is 964. The highest BCUT2D eigenvalue weighted by molar-refractivity contribution is 6.04. The van der Waals surface area contributed by atoms with Crippen molar-refractivity contribution in [3.05, 3.63) is 69.9 Å². The number of nitrogens with one attached hydrogen (secondary N) is 2. The molecule has 132 valence electrons. The Morgan fingerprint density at radius 2 is 1.92 bits per heavy atom. The predicted molar refractivity (Wildman–Crippen MR) is 96.4 cm³/mol. The van der Waals surface area contributed by atoms with Gasteiger partial charge in [0.1, 0.15) is 11.4 Å². The highest BCUT2D eigenvalue weighted by Crippen LogP contribution is 2.29. The van der Waals surface area contributed by atoms with Crippen molar-refractivity contribution in [2.45, 2.75) is 6.92 Å². The zero-order valence-corrected chi connectivity index (χ0v) is 14.1. The summed E-state index contributed by atoms with van der Waals surface area (Å²) >= 11 is 0. The Hall–Kier alpha value is -3.68. The molecule has 3 rings (SSSR count). The van der Waals surface area contributed by atoms with Crippen LogP contribution in [0.3, 0.4) is 0 Å². The second-order valence-corrected chi connectivity index (χ2v) is 5.63. The third kappa shape index (κ3) is 3.54. The van der Waals surface area contributed by atoms with Crippen LogP contribution in [0, 0.1) is 17.0 Å². The molecule has 0 saturated heterocycles. The number of aryl methyl sites for hydroxylation is 1. The van der Waals surface area contributed by atoms with Gasteiger partial charge in [0.25, 0.3) is 11.6 Å². The number of methoxy groups -OCH3 is 1. The quantitative estimate of drug-likeness (QED) is 0.539. The van der Waals surface area contributed by atoms with Crippen molar-refractivity contribution in [1.29, 1.82) is 0 Å². The van der Waals surface area contributed by atoms with Crippen molar-refractivity contribution >= 4 is 17.3 Å². The number of aromatic nitrogens is 2. The second kappa shape index (κ2) is 7.06. The van der Waals surface area contributed by atoms with Gasteiger partial charge in [0, 0.05) is 11.6 Å². The Morgan fingerprint density at radius 3 is 2.58 bits per heavy atom. The summed E-state index contributed by atoms with van der Waals surface area (Å²) < 4.78 is 5.11. The van der Waals surface area contributed by atoms with Crippen molar-refractivity contribution in [3.8, 4) is 17.0 Å². The molecule has 0 aliphatic carbocycles. The van der Waals surface area contributed by atoms with Gasteiger partial charge in [0.05, 0.1) is 29.5 Å². The van der Waals surface area contributed by atoms with Crippen LogP contribution >= 0.6 is 0 Å². The van der Waals surface area contributed by atoms with Crippen LogP contribution in [-0.2, 0) is 0 Å². The maximum atomic E-state index is 12.4. The first-order chi connectivity index (χ1) is 12.5. The van der Waals surface area contributed by atoms with Gasteiger partial charge in [-0.25, -0.2) is 0 Å². The monoisotopic (exact) mass is 352 g/mol. The number of nitrogens with zero attached hydrogens (tertiary/aromatic N) is 2. The summed E-state index contributed by atoms with van der Waals surface area (Å²) in [6, 6.07) is 13.4. The Labute approximate surface area is 149 Å². The van der Waals surface area contributed by atoms with E-state index >= 15 is 0 Å². The second-order valence-electron chi connectivity index (χ2n) is 5.63. The fraction of sp³-hybridized carbons (Fsp3) is 0.111. The van der Waals surface area contributed by atoms with Crippen LogP contribution in [0.15, 0.2) is 48.5 Å². The van der Waals surface area contributed by atoms with E-state index < -0.39 is 10.8 Å². The minimum absolute atomic E-state index is 0.122. The van der Waals surface area contributed by atoms with Crippen LogP contribution in [0.1, 0.15) is 16.1 Å². The summed E-state index contributed by atoms with van der Waals surface area (Å²) in [5.74, 6) is -0.228. The average Bonchev–Trinajstić information content (AvgIpc) is 3.12. The summed E-state index contributed by atoms with van der Waals surface area (Å²) in [4.78, 5) is 22.7. The maximum Gasteiger partial charge on any atom is 0.273 e. The molecule has 1 amide bonds. The number of H-pyrrole nitrogens is 1. The van der Waals surface area contributed by atoms with Crippen LogP contribution < -0.4 is 10.1 Å². The highest BCUT2D eigenvalue weighted by atomic mass is 16.6. The number of anilines is 1. The molecule has 1 heterocycles. The third-order valence-corrected chi connectivity index (χ3v) is 3.81. The summed E-state index contributed by atoms with van der Waals surface area (Å²) in [5, 5.41) is 20.3. The minimum atomic E-state index is -0.531. The molecule has 0 fully saturated rings. The lowest BCUT2D eigenvalue weighted by molar-refractivity contribution is -0.384. The zero-order valence-electron chi connectivity index (χ0n) is 14.1. The maximum absolute atomic E-state index is 12.4. The lowest BCUT2D eigenvalue weighted by Crippen LogP contribution is -2.13. The number of non-ortho nitro benzene ring substituents is 1. The molecule has 0 radical (unpaired) electrons. The number of amides is 1. The number of ether oxygens (including phenoxy) is 1. The lowest BCUT2D eigenvalue weighted by atomic mass is 10.1. The molecule has 8 heteroatoms. The van der Waals surface area contributed by atoms with E-state index in [-0.39, 0.29) is 17.1 Å². The third-order valence-electron chi connectivity index (χ3n) is 3.81. The van der Waals surface area contributed by atoms with Crippen molar-refractivity contribution < 1.29 is 14.5 Å². The standard InChI is InChI=1S/C18H16N4O4/c1-11-3-5-12(6-4-11)15-10-16(21-20-15)18(23)19-14-8-7-13(22(24)25)9-17(14)26-2/h3-10H,1-2H3,(H,19,23)(H,20,21). The Balaban J connectivity index is 1.80. The highest BCUT2D eigenvalue weighted by Gasteiger charge is 2.16. The molecule has 3 aromatic rings. The van der Waals surface area contributed by atoms with E-state index in [9.17, 15) is 14.9 Å². The smallest absolute Gasteiger partial charge is 0.273 e. The van der Waals surface area contributed by atoms with E-state index in [0.717, 1.165) is 11.1 Å². The lowest BCUT2D eigenvalue weighted by Gasteiger charge is -2.09. The molecule has 8 nitrogen and oxygen atoms in total. The summed E-state index contributed by atoms with van der Waals surface area (Å²) in [6.07, 6.45) is 0. The van der Waals surface area contributed by atoms with Crippen molar-refractivity contribution in [2.75, 3.05) is 12.4 Å². The number of carbonyl (C=O) groups is 1. The molecule has 26 heavy (non-hydrogen) atoms. The van der Waals surface area contributed by atoms with E-state index in [2.05, 4.69) is 15.5 Å². The molecule has 2 aromatic carbocycles. The first-order valence-corrected chi connectivity index (χ1v) is 7.74. The average molecular weight is 352 g/mol. The molecule has 0 saturated carbocycles. The fourth-order valence-electron chi connectivity index (χ4n) is 2.40. The Morgan fingerprint density at radius 1 is 1.19 bits per heavy atom. The fourth-order valence-corrected chi connectivity index (χ4v) is 2.40. The van der Waals surface area contributed by atoms with Crippen molar-refractivity contribution in [1.82, 2.24) is 10.2 Å². The molecular weight excluding hydrogens is 336 g/mol. The SMILES string of the molecule is COc1cc([N+](=O)[O-])ccc1NC(=O)c1cc(-c2ccc(C)cc2)n[nH]1. The predicted octanol–water partition coefficient (Wildman–Crippen LogP) is 3.55. The van der Waals surface area contributed by atoms with Crippen LogP contribution in [0.2, 0.25) is 0 Å².